The van der Waals surface area contributed by atoms with Crippen molar-refractivity contribution in [2.45, 2.75) is 18.2 Å². The highest BCUT2D eigenvalue weighted by atomic mass is 32.2. The zero-order valence-electron chi connectivity index (χ0n) is 15.3. The Kier molecular flexibility index (Phi) is 4.97. The highest BCUT2D eigenvalue weighted by Crippen LogP contribution is 2.28. The van der Waals surface area contributed by atoms with Crippen LogP contribution in [0.25, 0.3) is 22.2 Å². The molecule has 1 heterocycles. The number of aromatic nitrogens is 3. The second-order valence-electron chi connectivity index (χ2n) is 6.66. The molecule has 0 radical (unpaired) electrons. The molecule has 0 amide bonds. The summed E-state index contributed by atoms with van der Waals surface area (Å²) < 4.78 is 1.98. The van der Waals surface area contributed by atoms with E-state index in [1.165, 1.54) is 28.1 Å². The molecule has 0 saturated heterocycles. The van der Waals surface area contributed by atoms with Crippen molar-refractivity contribution in [1.82, 2.24) is 14.8 Å². The molecule has 0 saturated carbocycles. The highest BCUT2D eigenvalue weighted by Gasteiger charge is 2.14. The van der Waals surface area contributed by atoms with Crippen LogP contribution in [0.3, 0.4) is 0 Å². The van der Waals surface area contributed by atoms with E-state index in [1.807, 2.05) is 54.9 Å². The molecular weight excluding hydrogens is 354 g/mol. The van der Waals surface area contributed by atoms with E-state index < -0.39 is 6.10 Å². The Morgan fingerprint density at radius 1 is 0.963 bits per heavy atom. The Bertz CT molecular complexity index is 1070. The molecule has 0 aliphatic carbocycles. The minimum absolute atomic E-state index is 0.531. The normalized spacial score (nSPS) is 12.4. The van der Waals surface area contributed by atoms with Crippen molar-refractivity contribution >= 4 is 22.5 Å². The summed E-state index contributed by atoms with van der Waals surface area (Å²) in [5.41, 5.74) is 3.14. The van der Waals surface area contributed by atoms with E-state index in [9.17, 15) is 5.11 Å². The van der Waals surface area contributed by atoms with Crippen LogP contribution >= 0.6 is 11.8 Å². The quantitative estimate of drug-likeness (QED) is 0.511. The number of nitrogens with zero attached hydrogens (tertiary/aromatic N) is 3. The Morgan fingerprint density at radius 2 is 1.70 bits per heavy atom. The molecule has 136 valence electrons. The maximum atomic E-state index is 10.4. The smallest absolute Gasteiger partial charge is 0.191 e. The molecule has 0 fully saturated rings. The number of rotatable bonds is 5. The Labute approximate surface area is 162 Å². The lowest BCUT2D eigenvalue weighted by molar-refractivity contribution is 0.204. The fraction of sp³-hybridized carbons (Fsp3) is 0.182. The predicted octanol–water partition coefficient (Wildman–Crippen LogP) is 4.77. The van der Waals surface area contributed by atoms with Crippen LogP contribution in [0.2, 0.25) is 0 Å². The van der Waals surface area contributed by atoms with E-state index in [0.717, 1.165) is 22.1 Å². The first kappa shape index (κ1) is 17.8. The summed E-state index contributed by atoms with van der Waals surface area (Å²) >= 11 is 1.51. The van der Waals surface area contributed by atoms with Gasteiger partial charge in [-0.15, -0.1) is 10.2 Å². The van der Waals surface area contributed by atoms with Gasteiger partial charge in [0, 0.05) is 18.4 Å². The third-order valence-electron chi connectivity index (χ3n) is 4.67. The predicted molar refractivity (Wildman–Crippen MR) is 111 cm³/mol. The van der Waals surface area contributed by atoms with Crippen molar-refractivity contribution in [1.29, 1.82) is 0 Å². The number of benzene rings is 3. The van der Waals surface area contributed by atoms with Gasteiger partial charge in [-0.25, -0.2) is 0 Å². The lowest BCUT2D eigenvalue weighted by atomic mass is 10.1. The number of hydrogen-bond acceptors (Lipinski definition) is 4. The second kappa shape index (κ2) is 7.55. The summed E-state index contributed by atoms with van der Waals surface area (Å²) in [6, 6.07) is 22.6. The van der Waals surface area contributed by atoms with Crippen LogP contribution in [-0.4, -0.2) is 25.6 Å². The molecule has 0 aliphatic rings. The minimum atomic E-state index is -0.531. The van der Waals surface area contributed by atoms with Crippen LogP contribution in [0.15, 0.2) is 71.9 Å². The first-order valence-corrected chi connectivity index (χ1v) is 9.86. The van der Waals surface area contributed by atoms with Gasteiger partial charge >= 0.3 is 0 Å². The average molecular weight is 375 g/mol. The van der Waals surface area contributed by atoms with Gasteiger partial charge in [-0.1, -0.05) is 78.0 Å². The van der Waals surface area contributed by atoms with Crippen LogP contribution in [0.5, 0.6) is 0 Å². The highest BCUT2D eigenvalue weighted by molar-refractivity contribution is 7.99. The Hall–Kier alpha value is -2.63. The molecule has 4 nitrogen and oxygen atoms in total. The van der Waals surface area contributed by atoms with Crippen LogP contribution < -0.4 is 0 Å². The van der Waals surface area contributed by atoms with E-state index in [0.29, 0.717) is 5.75 Å². The molecule has 4 aromatic rings. The molecule has 0 bridgehead atoms. The van der Waals surface area contributed by atoms with Crippen LogP contribution in [-0.2, 0) is 7.05 Å². The molecule has 0 spiro atoms. The summed E-state index contributed by atoms with van der Waals surface area (Å²) in [7, 11) is 1.96. The second-order valence-corrected chi connectivity index (χ2v) is 7.65. The van der Waals surface area contributed by atoms with Crippen molar-refractivity contribution in [3.63, 3.8) is 0 Å². The molecule has 1 N–H and O–H groups in total. The van der Waals surface area contributed by atoms with E-state index >= 15 is 0 Å². The summed E-state index contributed by atoms with van der Waals surface area (Å²) in [6.07, 6.45) is -0.531. The minimum Gasteiger partial charge on any atom is -0.388 e. The molecule has 3 aromatic carbocycles. The number of aryl methyl sites for hydroxylation is 1. The first-order valence-electron chi connectivity index (χ1n) is 8.88. The van der Waals surface area contributed by atoms with Gasteiger partial charge in [0.2, 0.25) is 0 Å². The number of aliphatic hydroxyl groups is 1. The number of thioether (sulfide) groups is 1. The standard InChI is InChI=1S/C22H21N3OS/c1-15-7-9-17(10-8-15)20(26)14-27-22-24-23-21(25(22)2)19-12-11-16-5-3-4-6-18(16)13-19/h3-13,20,26H,14H2,1-2H3/t20-/m0/s1. The number of aliphatic hydroxyl groups excluding tert-OH is 1. The van der Waals surface area contributed by atoms with E-state index in [4.69, 9.17) is 0 Å². The SMILES string of the molecule is Cc1ccc([C@@H](O)CSc2nnc(-c3ccc4ccccc4c3)n2C)cc1. The van der Waals surface area contributed by atoms with Crippen molar-refractivity contribution in [2.24, 2.45) is 7.05 Å². The van der Waals surface area contributed by atoms with Gasteiger partial charge in [0.15, 0.2) is 11.0 Å². The third-order valence-corrected chi connectivity index (χ3v) is 5.77. The van der Waals surface area contributed by atoms with Gasteiger partial charge in [-0.3, -0.25) is 0 Å². The van der Waals surface area contributed by atoms with Gasteiger partial charge in [-0.2, -0.15) is 0 Å². The van der Waals surface area contributed by atoms with Crippen LogP contribution in [0, 0.1) is 6.92 Å². The monoisotopic (exact) mass is 375 g/mol. The maximum Gasteiger partial charge on any atom is 0.191 e. The average Bonchev–Trinajstić information content (AvgIpc) is 3.06. The molecule has 1 atom stereocenters. The molecule has 27 heavy (non-hydrogen) atoms. The van der Waals surface area contributed by atoms with Crippen molar-refractivity contribution < 1.29 is 5.11 Å². The largest absolute Gasteiger partial charge is 0.388 e. The molecule has 5 heteroatoms. The fourth-order valence-electron chi connectivity index (χ4n) is 3.06. The topological polar surface area (TPSA) is 50.9 Å². The maximum absolute atomic E-state index is 10.4. The third kappa shape index (κ3) is 3.75. The zero-order valence-corrected chi connectivity index (χ0v) is 16.1. The van der Waals surface area contributed by atoms with Crippen LogP contribution in [0.4, 0.5) is 0 Å². The van der Waals surface area contributed by atoms with Crippen molar-refractivity contribution in [3.05, 3.63) is 77.9 Å². The fourth-order valence-corrected chi connectivity index (χ4v) is 3.94. The van der Waals surface area contributed by atoms with Gasteiger partial charge in [0.05, 0.1) is 6.10 Å². The van der Waals surface area contributed by atoms with E-state index in [1.54, 1.807) is 0 Å². The zero-order chi connectivity index (χ0) is 18.8. The molecular formula is C22H21N3OS. The van der Waals surface area contributed by atoms with Crippen molar-refractivity contribution in [2.75, 3.05) is 5.75 Å². The summed E-state index contributed by atoms with van der Waals surface area (Å²) in [5, 5.41) is 22.3. The first-order chi connectivity index (χ1) is 13.1. The summed E-state index contributed by atoms with van der Waals surface area (Å²) in [5.74, 6) is 1.36. The van der Waals surface area contributed by atoms with Crippen LogP contribution in [0.1, 0.15) is 17.2 Å². The molecule has 4 rings (SSSR count). The Balaban J connectivity index is 1.52. The van der Waals surface area contributed by atoms with Crippen molar-refractivity contribution in [3.8, 4) is 11.4 Å². The van der Waals surface area contributed by atoms with Gasteiger partial charge in [-0.05, 0) is 29.3 Å². The van der Waals surface area contributed by atoms with E-state index in [-0.39, 0.29) is 0 Å². The Morgan fingerprint density at radius 3 is 2.48 bits per heavy atom. The molecule has 0 aliphatic heterocycles. The van der Waals surface area contributed by atoms with Gasteiger partial charge in [0.1, 0.15) is 0 Å². The lowest BCUT2D eigenvalue weighted by Crippen LogP contribution is -2.02. The molecule has 0 unspecified atom stereocenters. The summed E-state index contributed by atoms with van der Waals surface area (Å²) in [4.78, 5) is 0. The lowest BCUT2D eigenvalue weighted by Gasteiger charge is -2.11. The van der Waals surface area contributed by atoms with Gasteiger partial charge < -0.3 is 9.67 Å². The summed E-state index contributed by atoms with van der Waals surface area (Å²) in [6.45, 7) is 2.04. The number of hydrogen-bond donors (Lipinski definition) is 1. The number of fused-ring (bicyclic) bond motifs is 1. The van der Waals surface area contributed by atoms with E-state index in [2.05, 4.69) is 40.5 Å². The molecule has 1 aromatic heterocycles. The van der Waals surface area contributed by atoms with Gasteiger partial charge in [0.25, 0.3) is 0 Å².